The van der Waals surface area contributed by atoms with Crippen molar-refractivity contribution < 1.29 is 4.58 Å². The van der Waals surface area contributed by atoms with Crippen LogP contribution in [0.3, 0.4) is 0 Å². The maximum absolute atomic E-state index is 2.55. The Kier molecular flexibility index (Phi) is 8.20. The molecule has 0 bridgehead atoms. The van der Waals surface area contributed by atoms with Crippen LogP contribution >= 0.6 is 0 Å². The molecule has 0 atom stereocenters. The van der Waals surface area contributed by atoms with E-state index in [9.17, 15) is 0 Å². The van der Waals surface area contributed by atoms with Gasteiger partial charge in [-0.3, -0.25) is 0 Å². The van der Waals surface area contributed by atoms with E-state index in [2.05, 4.69) is 180 Å². The van der Waals surface area contributed by atoms with Crippen molar-refractivity contribution >= 4 is 38.6 Å². The van der Waals surface area contributed by atoms with Crippen molar-refractivity contribution in [2.75, 3.05) is 18.0 Å². The van der Waals surface area contributed by atoms with Gasteiger partial charge in [0.1, 0.15) is 0 Å². The van der Waals surface area contributed by atoms with E-state index >= 15 is 0 Å². The number of fused-ring (bicyclic) bond motifs is 6. The highest BCUT2D eigenvalue weighted by atomic mass is 15.2. The van der Waals surface area contributed by atoms with E-state index in [1.807, 2.05) is 0 Å². The number of rotatable bonds is 8. The maximum Gasteiger partial charge on any atom is 0.210 e. The second kappa shape index (κ2) is 12.0. The van der Waals surface area contributed by atoms with Crippen LogP contribution in [0, 0.1) is 11.8 Å². The second-order valence-corrected chi connectivity index (χ2v) is 14.7. The number of allylic oxidation sites excluding steroid dienone is 8. The summed E-state index contributed by atoms with van der Waals surface area (Å²) in [5.74, 6) is 1.12. The number of benzene rings is 4. The predicted molar refractivity (Wildman–Crippen MR) is 196 cm³/mol. The van der Waals surface area contributed by atoms with Gasteiger partial charge in [-0.05, 0) is 65.1 Å². The highest BCUT2D eigenvalue weighted by Crippen LogP contribution is 2.51. The molecule has 2 nitrogen and oxygen atoms in total. The molecule has 2 aliphatic rings. The summed E-state index contributed by atoms with van der Waals surface area (Å²) >= 11 is 0. The lowest BCUT2D eigenvalue weighted by Crippen LogP contribution is -2.29. The van der Waals surface area contributed by atoms with Gasteiger partial charge >= 0.3 is 0 Å². The monoisotopic (exact) mass is 593 g/mol. The molecule has 2 aliphatic heterocycles. The Labute approximate surface area is 270 Å². The van der Waals surface area contributed by atoms with Crippen molar-refractivity contribution in [3.63, 3.8) is 0 Å². The van der Waals surface area contributed by atoms with Crippen LogP contribution < -0.4 is 4.90 Å². The molecule has 0 aromatic heterocycles. The lowest BCUT2D eigenvalue weighted by molar-refractivity contribution is -0.445. The van der Waals surface area contributed by atoms with Crippen LogP contribution in [0.15, 0.2) is 121 Å². The summed E-state index contributed by atoms with van der Waals surface area (Å²) in [6.07, 6.45) is 15.6. The molecule has 4 aromatic rings. The average molecular weight is 594 g/mol. The van der Waals surface area contributed by atoms with Gasteiger partial charge in [-0.15, -0.1) is 0 Å². The first-order valence-electron chi connectivity index (χ1n) is 16.7. The third-order valence-corrected chi connectivity index (χ3v) is 9.56. The van der Waals surface area contributed by atoms with E-state index in [0.717, 1.165) is 13.1 Å². The average Bonchev–Trinajstić information content (AvgIpc) is 3.34. The standard InChI is InChI=1S/C43H49N2/c1-30(2)28-44-36-26-24-32-18-14-16-20-34(32)40(36)42(5,6)38(44)22-12-10-9-11-13-23-39-43(7,8)41-35-21-17-15-19-33(35)25-27-37(41)45(39)29-31(3)4/h9-27,30-31H,28-29H2,1-8H3/q+1. The fraction of sp³-hybridized carbons (Fsp3) is 0.326. The van der Waals surface area contributed by atoms with Crippen molar-refractivity contribution in [1.82, 2.24) is 0 Å². The Bertz CT molecular complexity index is 1910. The highest BCUT2D eigenvalue weighted by Gasteiger charge is 2.45. The van der Waals surface area contributed by atoms with Crippen molar-refractivity contribution in [2.45, 2.75) is 66.2 Å². The topological polar surface area (TPSA) is 6.25 Å². The highest BCUT2D eigenvalue weighted by molar-refractivity contribution is 6.07. The molecule has 230 valence electrons. The Morgan fingerprint density at radius 2 is 1.24 bits per heavy atom. The molecule has 0 spiro atoms. The summed E-state index contributed by atoms with van der Waals surface area (Å²) in [6.45, 7) is 20.7. The van der Waals surface area contributed by atoms with Crippen molar-refractivity contribution in [2.24, 2.45) is 11.8 Å². The first kappa shape index (κ1) is 30.8. The Hall–Kier alpha value is -4.17. The summed E-state index contributed by atoms with van der Waals surface area (Å²) in [4.78, 5) is 2.55. The lowest BCUT2D eigenvalue weighted by Gasteiger charge is -2.28. The molecule has 0 N–H and O–H groups in total. The molecule has 6 rings (SSSR count). The van der Waals surface area contributed by atoms with Gasteiger partial charge in [-0.1, -0.05) is 127 Å². The molecule has 45 heavy (non-hydrogen) atoms. The molecule has 0 saturated heterocycles. The van der Waals surface area contributed by atoms with Gasteiger partial charge in [0, 0.05) is 47.0 Å². The quantitative estimate of drug-likeness (QED) is 0.145. The number of anilines is 1. The molecule has 2 heterocycles. The summed E-state index contributed by atoms with van der Waals surface area (Å²) in [5, 5.41) is 5.35. The maximum atomic E-state index is 2.55. The number of hydrogen-bond acceptors (Lipinski definition) is 1. The number of hydrogen-bond donors (Lipinski definition) is 0. The van der Waals surface area contributed by atoms with Gasteiger partial charge in [0.25, 0.3) is 0 Å². The smallest absolute Gasteiger partial charge is 0.210 e. The predicted octanol–water partition coefficient (Wildman–Crippen LogP) is 11.0. The number of nitrogens with zero attached hydrogens (tertiary/aromatic N) is 2. The summed E-state index contributed by atoms with van der Waals surface area (Å²) < 4.78 is 2.55. The normalized spacial score (nSPS) is 18.4. The van der Waals surface area contributed by atoms with Crippen LogP contribution in [-0.2, 0) is 10.8 Å². The van der Waals surface area contributed by atoms with Crippen LogP contribution in [0.4, 0.5) is 11.4 Å². The zero-order chi connectivity index (χ0) is 31.9. The van der Waals surface area contributed by atoms with Crippen LogP contribution in [0.5, 0.6) is 0 Å². The SMILES string of the molecule is CC(C)CN1C(=CC=CC=CC=CC2=[N+](CC(C)C)c3ccc4ccccc4c3C2(C)C)C(C)(C)c2c1ccc1ccccc21. The third-order valence-electron chi connectivity index (χ3n) is 9.56. The largest absolute Gasteiger partial charge is 0.344 e. The Balaban J connectivity index is 1.27. The summed E-state index contributed by atoms with van der Waals surface area (Å²) in [6, 6.07) is 26.8. The Morgan fingerprint density at radius 3 is 1.91 bits per heavy atom. The van der Waals surface area contributed by atoms with E-state index in [-0.39, 0.29) is 10.8 Å². The van der Waals surface area contributed by atoms with E-state index < -0.39 is 0 Å². The molecular weight excluding hydrogens is 544 g/mol. The molecule has 4 aromatic carbocycles. The van der Waals surface area contributed by atoms with Gasteiger partial charge in [-0.2, -0.15) is 4.58 Å². The van der Waals surface area contributed by atoms with Crippen molar-refractivity contribution in [3.8, 4) is 0 Å². The molecule has 0 fully saturated rings. The lowest BCUT2D eigenvalue weighted by atomic mass is 9.79. The molecule has 0 amide bonds. The third kappa shape index (κ3) is 5.50. The van der Waals surface area contributed by atoms with Gasteiger partial charge in [0.05, 0.1) is 5.41 Å². The van der Waals surface area contributed by atoms with Gasteiger partial charge in [-0.25, -0.2) is 0 Å². The summed E-state index contributed by atoms with van der Waals surface area (Å²) in [5.41, 5.74) is 8.14. The first-order chi connectivity index (χ1) is 21.5. The van der Waals surface area contributed by atoms with E-state index in [1.54, 1.807) is 0 Å². The fourth-order valence-electron chi connectivity index (χ4n) is 7.68. The minimum Gasteiger partial charge on any atom is -0.344 e. The van der Waals surface area contributed by atoms with E-state index in [4.69, 9.17) is 0 Å². The van der Waals surface area contributed by atoms with Crippen molar-refractivity contribution in [3.05, 3.63) is 132 Å². The van der Waals surface area contributed by atoms with Crippen LogP contribution in [-0.4, -0.2) is 23.4 Å². The molecule has 0 unspecified atom stereocenters. The first-order valence-corrected chi connectivity index (χ1v) is 16.7. The summed E-state index contributed by atoms with van der Waals surface area (Å²) in [7, 11) is 0. The molecule has 2 heteroatoms. The second-order valence-electron chi connectivity index (χ2n) is 14.7. The fourth-order valence-corrected chi connectivity index (χ4v) is 7.68. The van der Waals surface area contributed by atoms with Crippen molar-refractivity contribution in [1.29, 1.82) is 0 Å². The van der Waals surface area contributed by atoms with Crippen LogP contribution in [0.2, 0.25) is 0 Å². The van der Waals surface area contributed by atoms with Gasteiger partial charge < -0.3 is 4.90 Å². The van der Waals surface area contributed by atoms with Gasteiger partial charge in [0.2, 0.25) is 5.69 Å². The van der Waals surface area contributed by atoms with E-state index in [0.29, 0.717) is 11.8 Å². The molecule has 0 radical (unpaired) electrons. The Morgan fingerprint density at radius 1 is 0.644 bits per heavy atom. The molecule has 0 saturated carbocycles. The van der Waals surface area contributed by atoms with E-state index in [1.165, 1.54) is 55.5 Å². The van der Waals surface area contributed by atoms with Gasteiger partial charge in [0.15, 0.2) is 12.3 Å². The zero-order valence-corrected chi connectivity index (χ0v) is 28.4. The minimum absolute atomic E-state index is 0.0806. The molecule has 0 aliphatic carbocycles. The van der Waals surface area contributed by atoms with Crippen LogP contribution in [0.25, 0.3) is 21.5 Å². The minimum atomic E-state index is -0.0806. The zero-order valence-electron chi connectivity index (χ0n) is 28.4. The molecular formula is C43H49N2+. The van der Waals surface area contributed by atoms with Crippen LogP contribution in [0.1, 0.15) is 66.5 Å².